The molecule has 0 fully saturated rings. The standard InChI is InChI=1S/C10H16N2/c1-6-4-9(8(3)11)5-7(2)10(6)12/h4-5,8H,11-12H2,1-3H3. The molecule has 2 heteroatoms. The fourth-order valence-electron chi connectivity index (χ4n) is 1.27. The molecule has 0 amide bonds. The molecule has 0 aliphatic carbocycles. The molecule has 0 spiro atoms. The summed E-state index contributed by atoms with van der Waals surface area (Å²) >= 11 is 0. The minimum atomic E-state index is 0.0861. The van der Waals surface area contributed by atoms with Gasteiger partial charge in [0.25, 0.3) is 0 Å². The van der Waals surface area contributed by atoms with Crippen molar-refractivity contribution in [1.29, 1.82) is 0 Å². The molecule has 1 aromatic rings. The van der Waals surface area contributed by atoms with Crippen molar-refractivity contribution in [2.75, 3.05) is 5.73 Å². The molecule has 0 radical (unpaired) electrons. The summed E-state index contributed by atoms with van der Waals surface area (Å²) in [5.41, 5.74) is 15.8. The lowest BCUT2D eigenvalue weighted by atomic mass is 10.0. The third-order valence-corrected chi connectivity index (χ3v) is 2.14. The van der Waals surface area contributed by atoms with Crippen LogP contribution >= 0.6 is 0 Å². The number of hydrogen-bond acceptors (Lipinski definition) is 2. The van der Waals surface area contributed by atoms with Crippen molar-refractivity contribution in [1.82, 2.24) is 0 Å². The van der Waals surface area contributed by atoms with Crippen molar-refractivity contribution in [2.24, 2.45) is 5.73 Å². The molecule has 4 N–H and O–H groups in total. The number of aryl methyl sites for hydroxylation is 2. The molecule has 0 saturated carbocycles. The summed E-state index contributed by atoms with van der Waals surface area (Å²) in [6.07, 6.45) is 0. The second kappa shape index (κ2) is 3.15. The molecule has 1 rings (SSSR count). The van der Waals surface area contributed by atoms with Crippen LogP contribution in [-0.4, -0.2) is 0 Å². The zero-order chi connectivity index (χ0) is 9.30. The Hall–Kier alpha value is -1.02. The first-order valence-corrected chi connectivity index (χ1v) is 4.14. The van der Waals surface area contributed by atoms with Gasteiger partial charge in [0.2, 0.25) is 0 Å². The van der Waals surface area contributed by atoms with Crippen LogP contribution in [-0.2, 0) is 0 Å². The number of hydrogen-bond donors (Lipinski definition) is 2. The lowest BCUT2D eigenvalue weighted by molar-refractivity contribution is 0.816. The third kappa shape index (κ3) is 1.59. The summed E-state index contributed by atoms with van der Waals surface area (Å²) in [6.45, 7) is 5.99. The maximum Gasteiger partial charge on any atom is 0.0373 e. The van der Waals surface area contributed by atoms with E-state index in [1.165, 1.54) is 0 Å². The smallest absolute Gasteiger partial charge is 0.0373 e. The van der Waals surface area contributed by atoms with E-state index in [4.69, 9.17) is 11.5 Å². The van der Waals surface area contributed by atoms with E-state index >= 15 is 0 Å². The first kappa shape index (κ1) is 9.07. The number of rotatable bonds is 1. The average Bonchev–Trinajstić information content (AvgIpc) is 1.99. The van der Waals surface area contributed by atoms with Crippen molar-refractivity contribution >= 4 is 5.69 Å². The van der Waals surface area contributed by atoms with Gasteiger partial charge in [-0.25, -0.2) is 0 Å². The molecule has 0 aliphatic rings. The Balaban J connectivity index is 3.21. The summed E-state index contributed by atoms with van der Waals surface area (Å²) in [7, 11) is 0. The van der Waals surface area contributed by atoms with Gasteiger partial charge >= 0.3 is 0 Å². The van der Waals surface area contributed by atoms with Crippen LogP contribution < -0.4 is 11.5 Å². The van der Waals surface area contributed by atoms with E-state index < -0.39 is 0 Å². The van der Waals surface area contributed by atoms with Gasteiger partial charge in [0, 0.05) is 11.7 Å². The maximum atomic E-state index is 5.81. The number of anilines is 1. The summed E-state index contributed by atoms with van der Waals surface area (Å²) in [6, 6.07) is 4.18. The Morgan fingerprint density at radius 1 is 1.17 bits per heavy atom. The molecular formula is C10H16N2. The highest BCUT2D eigenvalue weighted by Gasteiger charge is 2.04. The van der Waals surface area contributed by atoms with Crippen LogP contribution in [0, 0.1) is 13.8 Å². The monoisotopic (exact) mass is 164 g/mol. The van der Waals surface area contributed by atoms with Gasteiger partial charge in [-0.3, -0.25) is 0 Å². The van der Waals surface area contributed by atoms with Gasteiger partial charge in [0.05, 0.1) is 0 Å². The van der Waals surface area contributed by atoms with Gasteiger partial charge in [0.1, 0.15) is 0 Å². The van der Waals surface area contributed by atoms with Crippen LogP contribution in [0.4, 0.5) is 5.69 Å². The molecule has 1 atom stereocenters. The van der Waals surface area contributed by atoms with Gasteiger partial charge in [-0.15, -0.1) is 0 Å². The summed E-state index contributed by atoms with van der Waals surface area (Å²) in [5.74, 6) is 0. The topological polar surface area (TPSA) is 52.0 Å². The van der Waals surface area contributed by atoms with Crippen molar-refractivity contribution in [3.63, 3.8) is 0 Å². The molecule has 0 heterocycles. The predicted octanol–water partition coefficient (Wildman–Crippen LogP) is 1.91. The Morgan fingerprint density at radius 3 is 1.92 bits per heavy atom. The Bertz CT molecular complexity index is 267. The maximum absolute atomic E-state index is 5.81. The molecule has 0 aliphatic heterocycles. The van der Waals surface area contributed by atoms with E-state index in [0.29, 0.717) is 0 Å². The Labute approximate surface area is 73.6 Å². The molecule has 66 valence electrons. The first-order chi connectivity index (χ1) is 5.52. The van der Waals surface area contributed by atoms with Crippen LogP contribution in [0.2, 0.25) is 0 Å². The van der Waals surface area contributed by atoms with Gasteiger partial charge < -0.3 is 11.5 Å². The molecule has 0 aromatic heterocycles. The number of nitrogens with two attached hydrogens (primary N) is 2. The van der Waals surface area contributed by atoms with E-state index in [9.17, 15) is 0 Å². The second-order valence-corrected chi connectivity index (χ2v) is 3.36. The van der Waals surface area contributed by atoms with Crippen molar-refractivity contribution in [3.8, 4) is 0 Å². The summed E-state index contributed by atoms with van der Waals surface area (Å²) in [5, 5.41) is 0. The van der Waals surface area contributed by atoms with Crippen LogP contribution in [0.3, 0.4) is 0 Å². The van der Waals surface area contributed by atoms with E-state index in [-0.39, 0.29) is 6.04 Å². The molecule has 0 bridgehead atoms. The lowest BCUT2D eigenvalue weighted by Gasteiger charge is -2.11. The number of benzene rings is 1. The molecule has 0 saturated heterocycles. The number of nitrogen functional groups attached to an aromatic ring is 1. The highest BCUT2D eigenvalue weighted by atomic mass is 14.6. The SMILES string of the molecule is Cc1cc(C(C)N)cc(C)c1N. The quantitative estimate of drug-likeness (QED) is 0.623. The summed E-state index contributed by atoms with van der Waals surface area (Å²) < 4.78 is 0. The lowest BCUT2D eigenvalue weighted by Crippen LogP contribution is -2.06. The molecule has 2 nitrogen and oxygen atoms in total. The van der Waals surface area contributed by atoms with Crippen LogP contribution in [0.15, 0.2) is 12.1 Å². The molecule has 1 aromatic carbocycles. The van der Waals surface area contributed by atoms with E-state index in [2.05, 4.69) is 0 Å². The third-order valence-electron chi connectivity index (χ3n) is 2.14. The van der Waals surface area contributed by atoms with Gasteiger partial charge in [-0.1, -0.05) is 12.1 Å². The zero-order valence-corrected chi connectivity index (χ0v) is 7.89. The van der Waals surface area contributed by atoms with Crippen molar-refractivity contribution in [3.05, 3.63) is 28.8 Å². The Morgan fingerprint density at radius 2 is 1.58 bits per heavy atom. The van der Waals surface area contributed by atoms with Gasteiger partial charge in [-0.05, 0) is 37.5 Å². The molecule has 1 unspecified atom stereocenters. The average molecular weight is 164 g/mol. The van der Waals surface area contributed by atoms with E-state index in [1.54, 1.807) is 0 Å². The Kier molecular flexibility index (Phi) is 2.38. The molecule has 12 heavy (non-hydrogen) atoms. The fraction of sp³-hybridized carbons (Fsp3) is 0.400. The van der Waals surface area contributed by atoms with Crippen LogP contribution in [0.1, 0.15) is 29.7 Å². The predicted molar refractivity (Wildman–Crippen MR) is 52.9 cm³/mol. The fourth-order valence-corrected chi connectivity index (χ4v) is 1.27. The minimum absolute atomic E-state index is 0.0861. The minimum Gasteiger partial charge on any atom is -0.398 e. The van der Waals surface area contributed by atoms with Crippen LogP contribution in [0.5, 0.6) is 0 Å². The van der Waals surface area contributed by atoms with E-state index in [1.807, 2.05) is 32.9 Å². The van der Waals surface area contributed by atoms with E-state index in [0.717, 1.165) is 22.4 Å². The zero-order valence-electron chi connectivity index (χ0n) is 7.89. The normalized spacial score (nSPS) is 13.0. The largest absolute Gasteiger partial charge is 0.398 e. The second-order valence-electron chi connectivity index (χ2n) is 3.36. The first-order valence-electron chi connectivity index (χ1n) is 4.14. The highest BCUT2D eigenvalue weighted by Crippen LogP contribution is 2.21. The highest BCUT2D eigenvalue weighted by molar-refractivity contribution is 5.54. The van der Waals surface area contributed by atoms with Gasteiger partial charge in [0.15, 0.2) is 0 Å². The van der Waals surface area contributed by atoms with Crippen molar-refractivity contribution < 1.29 is 0 Å². The van der Waals surface area contributed by atoms with Crippen molar-refractivity contribution in [2.45, 2.75) is 26.8 Å². The molecular weight excluding hydrogens is 148 g/mol. The van der Waals surface area contributed by atoms with Gasteiger partial charge in [-0.2, -0.15) is 0 Å². The summed E-state index contributed by atoms with van der Waals surface area (Å²) in [4.78, 5) is 0. The van der Waals surface area contributed by atoms with Crippen LogP contribution in [0.25, 0.3) is 0 Å².